The Hall–Kier alpha value is -3.89. The summed E-state index contributed by atoms with van der Waals surface area (Å²) in [6.07, 6.45) is 0.203. The Morgan fingerprint density at radius 3 is 2.35 bits per heavy atom. The number of urea groups is 1. The SMILES string of the molecule is CC(C)(C)c1ccc(Cl)c(NC(=O)Nc2ccc(Oc3ccnc(NC(=O)OO)c3)cc2F)c1. The molecule has 2 aromatic carbocycles. The van der Waals surface area contributed by atoms with Crippen LogP contribution in [0.3, 0.4) is 0 Å². The minimum absolute atomic E-state index is 0.0428. The summed E-state index contributed by atoms with van der Waals surface area (Å²) in [5, 5.41) is 15.9. The number of halogens is 2. The van der Waals surface area contributed by atoms with Gasteiger partial charge >= 0.3 is 12.1 Å². The van der Waals surface area contributed by atoms with Gasteiger partial charge in [0.2, 0.25) is 0 Å². The topological polar surface area (TPSA) is 122 Å². The molecule has 3 amide bonds. The first-order valence-corrected chi connectivity index (χ1v) is 10.4. The molecule has 4 N–H and O–H groups in total. The lowest BCUT2D eigenvalue weighted by molar-refractivity contribution is -0.172. The molecule has 0 unspecified atom stereocenters. The number of ether oxygens (including phenoxy) is 1. The van der Waals surface area contributed by atoms with Crippen LogP contribution in [0.25, 0.3) is 0 Å². The van der Waals surface area contributed by atoms with Crippen molar-refractivity contribution < 1.29 is 28.9 Å². The highest BCUT2D eigenvalue weighted by atomic mass is 35.5. The van der Waals surface area contributed by atoms with Gasteiger partial charge in [-0.05, 0) is 41.3 Å². The highest BCUT2D eigenvalue weighted by molar-refractivity contribution is 6.33. The van der Waals surface area contributed by atoms with Crippen molar-refractivity contribution >= 4 is 40.9 Å². The van der Waals surface area contributed by atoms with Crippen molar-refractivity contribution in [1.29, 1.82) is 0 Å². The summed E-state index contributed by atoms with van der Waals surface area (Å²) < 4.78 is 20.1. The second-order valence-electron chi connectivity index (χ2n) is 8.15. The van der Waals surface area contributed by atoms with Gasteiger partial charge in [0.05, 0.1) is 16.4 Å². The number of nitrogens with zero attached hydrogens (tertiary/aromatic N) is 1. The van der Waals surface area contributed by atoms with Crippen LogP contribution < -0.4 is 20.7 Å². The van der Waals surface area contributed by atoms with E-state index in [2.05, 4.69) is 25.8 Å². The summed E-state index contributed by atoms with van der Waals surface area (Å²) in [6.45, 7) is 6.10. The van der Waals surface area contributed by atoms with Crippen LogP contribution >= 0.6 is 11.6 Å². The van der Waals surface area contributed by atoms with E-state index in [-0.39, 0.29) is 28.4 Å². The number of hydrogen-bond acceptors (Lipinski definition) is 6. The number of benzene rings is 2. The van der Waals surface area contributed by atoms with Crippen LogP contribution in [0.5, 0.6) is 11.5 Å². The van der Waals surface area contributed by atoms with E-state index in [1.807, 2.05) is 26.8 Å². The average Bonchev–Trinajstić information content (AvgIpc) is 2.76. The molecule has 1 heterocycles. The smallest absolute Gasteiger partial charge is 0.444 e. The van der Waals surface area contributed by atoms with Gasteiger partial charge in [0, 0.05) is 18.3 Å². The minimum atomic E-state index is -1.13. The van der Waals surface area contributed by atoms with Crippen LogP contribution in [0.15, 0.2) is 54.7 Å². The van der Waals surface area contributed by atoms with E-state index >= 15 is 0 Å². The van der Waals surface area contributed by atoms with Crippen LogP contribution in [-0.4, -0.2) is 22.4 Å². The molecule has 0 spiro atoms. The van der Waals surface area contributed by atoms with Gasteiger partial charge in [0.15, 0.2) is 0 Å². The van der Waals surface area contributed by atoms with Crippen LogP contribution in [0.2, 0.25) is 5.02 Å². The Morgan fingerprint density at radius 1 is 0.971 bits per heavy atom. The second kappa shape index (κ2) is 10.4. The molecule has 9 nitrogen and oxygen atoms in total. The maximum atomic E-state index is 14.6. The highest BCUT2D eigenvalue weighted by Crippen LogP contribution is 2.30. The number of rotatable bonds is 5. The van der Waals surface area contributed by atoms with E-state index in [1.165, 1.54) is 30.5 Å². The maximum Gasteiger partial charge on any atom is 0.444 e. The molecule has 0 saturated heterocycles. The first kappa shape index (κ1) is 24.7. The molecule has 0 bridgehead atoms. The van der Waals surface area contributed by atoms with E-state index in [1.54, 1.807) is 12.1 Å². The van der Waals surface area contributed by atoms with Crippen LogP contribution in [0.4, 0.5) is 31.2 Å². The fourth-order valence-corrected chi connectivity index (χ4v) is 3.00. The molecule has 0 aliphatic carbocycles. The molecule has 0 atom stereocenters. The lowest BCUT2D eigenvalue weighted by Crippen LogP contribution is -2.21. The van der Waals surface area contributed by atoms with Gasteiger partial charge in [-0.15, -0.1) is 0 Å². The van der Waals surface area contributed by atoms with Gasteiger partial charge < -0.3 is 15.4 Å². The monoisotopic (exact) mass is 488 g/mol. The van der Waals surface area contributed by atoms with Crippen molar-refractivity contribution in [3.05, 3.63) is 71.1 Å². The number of carbonyl (C=O) groups is 2. The molecule has 178 valence electrons. The molecule has 0 radical (unpaired) electrons. The van der Waals surface area contributed by atoms with Gasteiger partial charge in [0.25, 0.3) is 0 Å². The number of aromatic nitrogens is 1. The van der Waals surface area contributed by atoms with E-state index in [0.29, 0.717) is 10.7 Å². The van der Waals surface area contributed by atoms with Crippen LogP contribution in [0, 0.1) is 5.82 Å². The molecule has 0 fully saturated rings. The Bertz CT molecular complexity index is 1220. The summed E-state index contributed by atoms with van der Waals surface area (Å²) in [6, 6.07) is 11.3. The molecular formula is C23H22ClFN4O5. The number of amides is 3. The van der Waals surface area contributed by atoms with Gasteiger partial charge in [0.1, 0.15) is 23.1 Å². The largest absolute Gasteiger partial charge is 0.457 e. The average molecular weight is 489 g/mol. The van der Waals surface area contributed by atoms with E-state index in [0.717, 1.165) is 11.6 Å². The third-order valence-corrected chi connectivity index (χ3v) is 4.88. The molecule has 0 aliphatic rings. The van der Waals surface area contributed by atoms with Gasteiger partial charge in [-0.1, -0.05) is 38.4 Å². The normalized spacial score (nSPS) is 10.9. The van der Waals surface area contributed by atoms with Crippen molar-refractivity contribution in [2.24, 2.45) is 0 Å². The molecule has 1 aromatic heterocycles. The molecular weight excluding hydrogens is 467 g/mol. The molecule has 0 saturated carbocycles. The van der Waals surface area contributed by atoms with Gasteiger partial charge in [-0.3, -0.25) is 10.2 Å². The number of hydrogen-bond donors (Lipinski definition) is 4. The lowest BCUT2D eigenvalue weighted by atomic mass is 9.87. The van der Waals surface area contributed by atoms with Gasteiger partial charge in [-0.25, -0.2) is 19.0 Å². The minimum Gasteiger partial charge on any atom is -0.457 e. The quantitative estimate of drug-likeness (QED) is 0.236. The van der Waals surface area contributed by atoms with Crippen molar-refractivity contribution in [2.45, 2.75) is 26.2 Å². The predicted molar refractivity (Wildman–Crippen MR) is 126 cm³/mol. The third-order valence-electron chi connectivity index (χ3n) is 4.55. The van der Waals surface area contributed by atoms with Crippen LogP contribution in [0.1, 0.15) is 26.3 Å². The zero-order chi connectivity index (χ0) is 24.9. The van der Waals surface area contributed by atoms with E-state index < -0.39 is 17.9 Å². The number of anilines is 3. The summed E-state index contributed by atoms with van der Waals surface area (Å²) >= 11 is 6.19. The first-order valence-electron chi connectivity index (χ1n) is 9.99. The van der Waals surface area contributed by atoms with Crippen molar-refractivity contribution in [1.82, 2.24) is 4.98 Å². The lowest BCUT2D eigenvalue weighted by Gasteiger charge is -2.20. The standard InChI is InChI=1S/C23H22ClFN4O5/c1-23(2,3)13-4-6-16(24)19(10-13)28-21(30)27-18-7-5-14(11-17(18)25)33-15-8-9-26-20(12-15)29-22(31)34-32/h4-12,32H,1-3H3,(H,26,29,31)(H2,27,28,30). The van der Waals surface area contributed by atoms with Crippen molar-refractivity contribution in [3.63, 3.8) is 0 Å². The predicted octanol–water partition coefficient (Wildman–Crippen LogP) is 6.63. The van der Waals surface area contributed by atoms with E-state index in [9.17, 15) is 14.0 Å². The zero-order valence-electron chi connectivity index (χ0n) is 18.5. The highest BCUT2D eigenvalue weighted by Gasteiger charge is 2.17. The van der Waals surface area contributed by atoms with Crippen molar-refractivity contribution in [3.8, 4) is 11.5 Å². The Labute approximate surface area is 199 Å². The van der Waals surface area contributed by atoms with Gasteiger partial charge in [-0.2, -0.15) is 5.26 Å². The molecule has 3 rings (SSSR count). The Balaban J connectivity index is 1.67. The summed E-state index contributed by atoms with van der Waals surface area (Å²) in [4.78, 5) is 30.8. The summed E-state index contributed by atoms with van der Waals surface area (Å²) in [5.74, 6) is -0.333. The van der Waals surface area contributed by atoms with E-state index in [4.69, 9.17) is 21.6 Å². The Kier molecular flexibility index (Phi) is 7.54. The second-order valence-corrected chi connectivity index (χ2v) is 8.56. The first-order chi connectivity index (χ1) is 16.0. The number of pyridine rings is 1. The number of carbonyl (C=O) groups excluding carboxylic acids is 2. The summed E-state index contributed by atoms with van der Waals surface area (Å²) in [5.41, 5.74) is 1.16. The molecule has 34 heavy (non-hydrogen) atoms. The zero-order valence-corrected chi connectivity index (χ0v) is 19.2. The van der Waals surface area contributed by atoms with Crippen LogP contribution in [-0.2, 0) is 10.3 Å². The fourth-order valence-electron chi connectivity index (χ4n) is 2.83. The fraction of sp³-hybridized carbons (Fsp3) is 0.174. The van der Waals surface area contributed by atoms with Crippen molar-refractivity contribution in [2.75, 3.05) is 16.0 Å². The maximum absolute atomic E-state index is 14.6. The molecule has 0 aliphatic heterocycles. The third kappa shape index (κ3) is 6.56. The Morgan fingerprint density at radius 2 is 1.68 bits per heavy atom. The molecule has 3 aromatic rings. The molecule has 11 heteroatoms. The number of nitrogens with one attached hydrogen (secondary N) is 3. The summed E-state index contributed by atoms with van der Waals surface area (Å²) in [7, 11) is 0.